The van der Waals surface area contributed by atoms with Crippen LogP contribution in [0.2, 0.25) is 0 Å². The number of benzene rings is 1. The van der Waals surface area contributed by atoms with Crippen LogP contribution in [0.25, 0.3) is 0 Å². The van der Waals surface area contributed by atoms with Gasteiger partial charge >= 0.3 is 0 Å². The maximum absolute atomic E-state index is 13.2. The Bertz CT molecular complexity index is 1370. The Morgan fingerprint density at radius 2 is 2.03 bits per heavy atom. The summed E-state index contributed by atoms with van der Waals surface area (Å²) in [7, 11) is 1.86. The van der Waals surface area contributed by atoms with Crippen LogP contribution in [0.4, 0.5) is 5.13 Å². The van der Waals surface area contributed by atoms with E-state index in [4.69, 9.17) is 4.74 Å². The van der Waals surface area contributed by atoms with Crippen molar-refractivity contribution in [1.82, 2.24) is 34.0 Å². The topological polar surface area (TPSA) is 111 Å². The first-order chi connectivity index (χ1) is 18.0. The number of amides is 1. The number of aryl methyl sites for hydroxylation is 2. The standard InChI is InChI=1S/C24H26N8O2S3/c1-4-32-12-11-17(13-32)34-16-5-7-18(8-6-16)35-19-9-10-20(36-24-29-25-14-31(24)3)27-21(19)22(33)28-23-26-15(2)30-37-23/h5-10,14,17H,4,11-13H2,1-3H3,(H,26,28,30,33)/t17-/m1/s1. The lowest BCUT2D eigenvalue weighted by Crippen LogP contribution is -2.24. The number of pyridine rings is 1. The number of rotatable bonds is 9. The normalized spacial score (nSPS) is 15.7. The molecule has 1 aromatic carbocycles. The van der Waals surface area contributed by atoms with Gasteiger partial charge < -0.3 is 9.30 Å². The largest absolute Gasteiger partial charge is 0.489 e. The zero-order valence-electron chi connectivity index (χ0n) is 20.6. The van der Waals surface area contributed by atoms with Gasteiger partial charge in [0.05, 0.1) is 0 Å². The van der Waals surface area contributed by atoms with E-state index in [1.54, 1.807) is 17.8 Å². The Kier molecular flexibility index (Phi) is 8.03. The van der Waals surface area contributed by atoms with Crippen LogP contribution in [0.5, 0.6) is 5.75 Å². The molecule has 1 saturated heterocycles. The molecule has 0 saturated carbocycles. The van der Waals surface area contributed by atoms with E-state index in [-0.39, 0.29) is 12.0 Å². The van der Waals surface area contributed by atoms with Crippen molar-refractivity contribution in [2.45, 2.75) is 46.3 Å². The Balaban J connectivity index is 1.34. The highest BCUT2D eigenvalue weighted by Gasteiger charge is 2.23. The van der Waals surface area contributed by atoms with Crippen LogP contribution in [0, 0.1) is 6.92 Å². The number of carbonyl (C=O) groups is 1. The van der Waals surface area contributed by atoms with E-state index in [1.165, 1.54) is 23.5 Å². The van der Waals surface area contributed by atoms with Crippen molar-refractivity contribution in [3.05, 3.63) is 54.2 Å². The SMILES string of the molecule is CCN1CC[C@@H](Oc2ccc(Sc3ccc(Sc4nncn4C)nc3C(=O)Nc3nc(C)ns3)cc2)C1. The van der Waals surface area contributed by atoms with Crippen LogP contribution in [-0.4, -0.2) is 65.7 Å². The number of hydrogen-bond acceptors (Lipinski definition) is 11. The second-order valence-electron chi connectivity index (χ2n) is 8.42. The molecule has 0 aliphatic carbocycles. The fraction of sp³-hybridized carbons (Fsp3) is 0.333. The van der Waals surface area contributed by atoms with E-state index < -0.39 is 0 Å². The van der Waals surface area contributed by atoms with E-state index >= 15 is 0 Å². The summed E-state index contributed by atoms with van der Waals surface area (Å²) >= 11 is 3.95. The van der Waals surface area contributed by atoms with Crippen molar-refractivity contribution >= 4 is 46.1 Å². The smallest absolute Gasteiger partial charge is 0.277 e. The summed E-state index contributed by atoms with van der Waals surface area (Å²) in [6.45, 7) is 7.05. The Labute approximate surface area is 227 Å². The van der Waals surface area contributed by atoms with Crippen molar-refractivity contribution in [3.63, 3.8) is 0 Å². The Morgan fingerprint density at radius 3 is 2.70 bits per heavy atom. The van der Waals surface area contributed by atoms with Crippen LogP contribution in [-0.2, 0) is 7.05 Å². The molecule has 5 rings (SSSR count). The van der Waals surface area contributed by atoms with E-state index in [0.717, 1.165) is 53.1 Å². The van der Waals surface area contributed by atoms with Gasteiger partial charge in [0, 0.05) is 41.5 Å². The molecule has 37 heavy (non-hydrogen) atoms. The first-order valence-corrected chi connectivity index (χ1v) is 14.2. The molecule has 1 atom stereocenters. The molecule has 4 aromatic rings. The molecule has 0 unspecified atom stereocenters. The summed E-state index contributed by atoms with van der Waals surface area (Å²) < 4.78 is 12.1. The predicted octanol–water partition coefficient (Wildman–Crippen LogP) is 4.40. The summed E-state index contributed by atoms with van der Waals surface area (Å²) in [5.41, 5.74) is 0.302. The van der Waals surface area contributed by atoms with Gasteiger partial charge in [0.15, 0.2) is 5.16 Å². The molecular weight excluding hydrogens is 529 g/mol. The van der Waals surface area contributed by atoms with E-state index in [2.05, 4.69) is 41.7 Å². The average molecular weight is 555 g/mol. The molecule has 13 heteroatoms. The monoisotopic (exact) mass is 554 g/mol. The third-order valence-corrected chi connectivity index (χ3v) is 8.46. The van der Waals surface area contributed by atoms with Crippen molar-refractivity contribution in [2.75, 3.05) is 25.0 Å². The Morgan fingerprint density at radius 1 is 1.19 bits per heavy atom. The minimum atomic E-state index is -0.347. The number of likely N-dealkylation sites (tertiary alicyclic amines) is 1. The second-order valence-corrected chi connectivity index (χ2v) is 11.3. The van der Waals surface area contributed by atoms with Crippen LogP contribution in [0.1, 0.15) is 29.7 Å². The summed E-state index contributed by atoms with van der Waals surface area (Å²) in [6.07, 6.45) is 2.89. The maximum atomic E-state index is 13.2. The molecule has 4 heterocycles. The van der Waals surface area contributed by atoms with E-state index in [9.17, 15) is 4.79 Å². The highest BCUT2D eigenvalue weighted by Crippen LogP contribution is 2.34. The third kappa shape index (κ3) is 6.47. The second kappa shape index (κ2) is 11.6. The van der Waals surface area contributed by atoms with Gasteiger partial charge in [-0.2, -0.15) is 4.37 Å². The minimum absolute atomic E-state index is 0.223. The van der Waals surface area contributed by atoms with E-state index in [0.29, 0.717) is 26.8 Å². The zero-order valence-corrected chi connectivity index (χ0v) is 23.1. The van der Waals surface area contributed by atoms with Crippen LogP contribution in [0.15, 0.2) is 62.7 Å². The number of aromatic nitrogens is 6. The molecule has 0 bridgehead atoms. The van der Waals surface area contributed by atoms with Gasteiger partial charge in [-0.25, -0.2) is 9.97 Å². The van der Waals surface area contributed by atoms with Gasteiger partial charge in [-0.05, 0) is 68.0 Å². The van der Waals surface area contributed by atoms with Crippen molar-refractivity contribution in [2.24, 2.45) is 7.05 Å². The molecule has 10 nitrogen and oxygen atoms in total. The molecule has 0 spiro atoms. The van der Waals surface area contributed by atoms with Gasteiger partial charge in [0.1, 0.15) is 34.7 Å². The lowest BCUT2D eigenvalue weighted by Gasteiger charge is -2.15. The first-order valence-electron chi connectivity index (χ1n) is 11.8. The third-order valence-electron chi connectivity index (χ3n) is 5.69. The summed E-state index contributed by atoms with van der Waals surface area (Å²) in [4.78, 5) is 26.2. The first kappa shape index (κ1) is 25.6. The number of anilines is 1. The van der Waals surface area contributed by atoms with Crippen molar-refractivity contribution in [1.29, 1.82) is 0 Å². The van der Waals surface area contributed by atoms with Gasteiger partial charge in [0.2, 0.25) is 5.13 Å². The maximum Gasteiger partial charge on any atom is 0.277 e. The van der Waals surface area contributed by atoms with Crippen LogP contribution in [0.3, 0.4) is 0 Å². The summed E-state index contributed by atoms with van der Waals surface area (Å²) in [6, 6.07) is 11.7. The Hall–Kier alpha value is -3.00. The number of hydrogen-bond donors (Lipinski definition) is 1. The molecule has 0 radical (unpaired) electrons. The fourth-order valence-electron chi connectivity index (χ4n) is 3.78. The van der Waals surface area contributed by atoms with Gasteiger partial charge in [-0.1, -0.05) is 18.7 Å². The highest BCUT2D eigenvalue weighted by molar-refractivity contribution is 7.99. The molecule has 1 N–H and O–H groups in total. The molecule has 1 aliphatic heterocycles. The highest BCUT2D eigenvalue weighted by atomic mass is 32.2. The summed E-state index contributed by atoms with van der Waals surface area (Å²) in [5.74, 6) is 1.11. The summed E-state index contributed by atoms with van der Waals surface area (Å²) in [5, 5.41) is 12.6. The molecule has 1 fully saturated rings. The van der Waals surface area contributed by atoms with Crippen LogP contribution < -0.4 is 10.1 Å². The molecular formula is C24H26N8O2S3. The number of nitrogens with zero attached hydrogens (tertiary/aromatic N) is 7. The minimum Gasteiger partial charge on any atom is -0.489 e. The lowest BCUT2D eigenvalue weighted by atomic mass is 10.3. The van der Waals surface area contributed by atoms with Crippen molar-refractivity contribution < 1.29 is 9.53 Å². The lowest BCUT2D eigenvalue weighted by molar-refractivity contribution is 0.101. The van der Waals surface area contributed by atoms with Crippen LogP contribution >= 0.6 is 35.1 Å². The quantitative estimate of drug-likeness (QED) is 0.320. The average Bonchev–Trinajstić information content (AvgIpc) is 3.63. The number of carbonyl (C=O) groups excluding carboxylic acids is 1. The van der Waals surface area contributed by atoms with Gasteiger partial charge in [-0.3, -0.25) is 15.0 Å². The molecule has 3 aromatic heterocycles. The molecule has 1 amide bonds. The molecule has 192 valence electrons. The zero-order chi connectivity index (χ0) is 25.8. The van der Waals surface area contributed by atoms with Crippen molar-refractivity contribution in [3.8, 4) is 5.75 Å². The van der Waals surface area contributed by atoms with Gasteiger partial charge in [-0.15, -0.1) is 10.2 Å². The fourth-order valence-corrected chi connectivity index (χ4v) is 5.99. The van der Waals surface area contributed by atoms with Gasteiger partial charge in [0.25, 0.3) is 5.91 Å². The molecule has 1 aliphatic rings. The number of ether oxygens (including phenoxy) is 1. The number of likely N-dealkylation sites (N-methyl/N-ethyl adjacent to an activating group) is 1. The number of nitrogens with one attached hydrogen (secondary N) is 1. The van der Waals surface area contributed by atoms with E-state index in [1.807, 2.05) is 43.4 Å². The predicted molar refractivity (Wildman–Crippen MR) is 144 cm³/mol.